The predicted octanol–water partition coefficient (Wildman–Crippen LogP) is 11.1. The number of nitrogens with zero attached hydrogens (tertiary/aromatic N) is 2. The molecule has 2 nitrogen and oxygen atoms in total. The average Bonchev–Trinajstić information content (AvgIpc) is 3.34. The zero-order valence-electron chi connectivity index (χ0n) is 25.4. The molecular weight excluding hydrogens is 544 g/mol. The second-order valence-corrected chi connectivity index (χ2v) is 12.2. The number of rotatable bonds is 5. The topological polar surface area (TPSA) is 25.8 Å². The Balaban J connectivity index is 1.27. The minimum absolute atomic E-state index is 0.0217. The van der Waals surface area contributed by atoms with E-state index in [0.717, 1.165) is 33.6 Å². The van der Waals surface area contributed by atoms with Gasteiger partial charge in [0.25, 0.3) is 0 Å². The smallest absolute Gasteiger partial charge is 0.160 e. The van der Waals surface area contributed by atoms with Crippen LogP contribution in [0.1, 0.15) is 25.0 Å². The summed E-state index contributed by atoms with van der Waals surface area (Å²) in [5.41, 5.74) is 15.0. The van der Waals surface area contributed by atoms with Gasteiger partial charge in [0.1, 0.15) is 0 Å². The van der Waals surface area contributed by atoms with Crippen molar-refractivity contribution in [1.82, 2.24) is 9.97 Å². The minimum Gasteiger partial charge on any atom is -0.228 e. The van der Waals surface area contributed by atoms with Crippen molar-refractivity contribution >= 4 is 0 Å². The van der Waals surface area contributed by atoms with Crippen LogP contribution in [0.25, 0.3) is 67.3 Å². The molecule has 0 radical (unpaired) electrons. The van der Waals surface area contributed by atoms with Crippen LogP contribution in [0.2, 0.25) is 0 Å². The van der Waals surface area contributed by atoms with E-state index in [1.807, 2.05) is 12.1 Å². The van der Waals surface area contributed by atoms with Gasteiger partial charge in [-0.1, -0.05) is 159 Å². The summed E-state index contributed by atoms with van der Waals surface area (Å²) in [4.78, 5) is 10.3. The van der Waals surface area contributed by atoms with E-state index in [-0.39, 0.29) is 5.41 Å². The molecule has 1 aromatic heterocycles. The van der Waals surface area contributed by atoms with Gasteiger partial charge in [0.15, 0.2) is 5.82 Å². The Morgan fingerprint density at radius 3 is 1.60 bits per heavy atom. The van der Waals surface area contributed by atoms with Gasteiger partial charge in [-0.25, -0.2) is 9.97 Å². The summed E-state index contributed by atoms with van der Waals surface area (Å²) in [7, 11) is 0. The average molecular weight is 577 g/mol. The fraction of sp³-hybridized carbons (Fsp3) is 0.0698. The Morgan fingerprint density at radius 2 is 0.867 bits per heavy atom. The predicted molar refractivity (Wildman–Crippen MR) is 187 cm³/mol. The molecule has 0 aliphatic heterocycles. The van der Waals surface area contributed by atoms with Gasteiger partial charge < -0.3 is 0 Å². The lowest BCUT2D eigenvalue weighted by atomic mass is 9.82. The first kappa shape index (κ1) is 27.0. The molecule has 0 fully saturated rings. The minimum atomic E-state index is -0.0217. The summed E-state index contributed by atoms with van der Waals surface area (Å²) in [6, 6.07) is 55.9. The van der Waals surface area contributed by atoms with Crippen LogP contribution >= 0.6 is 0 Å². The molecule has 7 aromatic rings. The van der Waals surface area contributed by atoms with Crippen molar-refractivity contribution in [3.63, 3.8) is 0 Å². The van der Waals surface area contributed by atoms with Crippen LogP contribution in [-0.4, -0.2) is 9.97 Å². The van der Waals surface area contributed by atoms with Crippen LogP contribution in [0, 0.1) is 0 Å². The molecule has 0 unspecified atom stereocenters. The van der Waals surface area contributed by atoms with Gasteiger partial charge in [-0.15, -0.1) is 0 Å². The highest BCUT2D eigenvalue weighted by Gasteiger charge is 2.35. The molecule has 8 rings (SSSR count). The molecule has 0 amide bonds. The van der Waals surface area contributed by atoms with E-state index in [2.05, 4.69) is 159 Å². The van der Waals surface area contributed by atoms with Gasteiger partial charge in [0.2, 0.25) is 0 Å². The molecule has 0 spiro atoms. The molecule has 45 heavy (non-hydrogen) atoms. The molecule has 0 bridgehead atoms. The maximum Gasteiger partial charge on any atom is 0.160 e. The molecule has 214 valence electrons. The first-order valence-corrected chi connectivity index (χ1v) is 15.5. The van der Waals surface area contributed by atoms with Crippen LogP contribution < -0.4 is 0 Å². The lowest BCUT2D eigenvalue weighted by molar-refractivity contribution is 0.660. The summed E-state index contributed by atoms with van der Waals surface area (Å²) < 4.78 is 0. The fourth-order valence-corrected chi connectivity index (χ4v) is 6.76. The van der Waals surface area contributed by atoms with Gasteiger partial charge in [-0.05, 0) is 56.6 Å². The van der Waals surface area contributed by atoms with E-state index >= 15 is 0 Å². The van der Waals surface area contributed by atoms with Crippen molar-refractivity contribution in [3.05, 3.63) is 169 Å². The van der Waals surface area contributed by atoms with Crippen molar-refractivity contribution in [2.24, 2.45) is 0 Å². The Bertz CT molecular complexity index is 2160. The highest BCUT2D eigenvalue weighted by atomic mass is 14.9. The number of aromatic nitrogens is 2. The quantitative estimate of drug-likeness (QED) is 0.204. The highest BCUT2D eigenvalue weighted by molar-refractivity contribution is 5.89. The Kier molecular flexibility index (Phi) is 6.50. The molecule has 1 heterocycles. The summed E-state index contributed by atoms with van der Waals surface area (Å²) in [6.07, 6.45) is 0. The van der Waals surface area contributed by atoms with Crippen molar-refractivity contribution in [2.75, 3.05) is 0 Å². The van der Waals surface area contributed by atoms with E-state index in [1.165, 1.54) is 38.9 Å². The van der Waals surface area contributed by atoms with Crippen LogP contribution in [0.5, 0.6) is 0 Å². The van der Waals surface area contributed by atoms with E-state index in [1.54, 1.807) is 0 Å². The van der Waals surface area contributed by atoms with Gasteiger partial charge >= 0.3 is 0 Å². The third-order valence-corrected chi connectivity index (χ3v) is 9.14. The van der Waals surface area contributed by atoms with Crippen molar-refractivity contribution < 1.29 is 0 Å². The summed E-state index contributed by atoms with van der Waals surface area (Å²) >= 11 is 0. The number of fused-ring (bicyclic) bond motifs is 3. The monoisotopic (exact) mass is 576 g/mol. The standard InChI is InChI=1S/C43H32N2/c1-43(2)38-20-12-11-18-35(38)37-27-33(25-26-39(37)43)34-17-9-10-19-36(34)41-28-40(31-15-7-4-8-16-31)44-42(45-41)32-23-21-30(22-24-32)29-13-5-3-6-14-29/h3-28H,1-2H3. The third kappa shape index (κ3) is 4.76. The zero-order valence-corrected chi connectivity index (χ0v) is 25.4. The van der Waals surface area contributed by atoms with Crippen molar-refractivity contribution in [1.29, 1.82) is 0 Å². The Hall–Kier alpha value is -5.60. The van der Waals surface area contributed by atoms with E-state index < -0.39 is 0 Å². The Labute approximate surface area is 264 Å². The first-order chi connectivity index (χ1) is 22.1. The van der Waals surface area contributed by atoms with Crippen molar-refractivity contribution in [3.8, 4) is 67.3 Å². The lowest BCUT2D eigenvalue weighted by Crippen LogP contribution is -2.14. The SMILES string of the molecule is CC1(C)c2ccccc2-c2cc(-c3ccccc3-c3cc(-c4ccccc4)nc(-c4ccc(-c5ccccc5)cc4)n3)ccc21. The Morgan fingerprint density at radius 1 is 0.356 bits per heavy atom. The number of benzene rings is 6. The molecule has 0 saturated carbocycles. The molecular formula is C43H32N2. The maximum atomic E-state index is 5.21. The molecule has 0 N–H and O–H groups in total. The highest BCUT2D eigenvalue weighted by Crippen LogP contribution is 2.50. The van der Waals surface area contributed by atoms with Crippen LogP contribution in [0.3, 0.4) is 0 Å². The van der Waals surface area contributed by atoms with Crippen LogP contribution in [0.15, 0.2) is 158 Å². The number of hydrogen-bond acceptors (Lipinski definition) is 2. The van der Waals surface area contributed by atoms with Gasteiger partial charge in [-0.3, -0.25) is 0 Å². The summed E-state index contributed by atoms with van der Waals surface area (Å²) in [6.45, 7) is 4.65. The molecule has 6 aromatic carbocycles. The van der Waals surface area contributed by atoms with E-state index in [0.29, 0.717) is 5.82 Å². The van der Waals surface area contributed by atoms with Crippen LogP contribution in [-0.2, 0) is 5.41 Å². The first-order valence-electron chi connectivity index (χ1n) is 15.5. The van der Waals surface area contributed by atoms with Gasteiger partial charge in [0, 0.05) is 22.1 Å². The molecule has 0 atom stereocenters. The molecule has 1 aliphatic carbocycles. The normalized spacial score (nSPS) is 12.8. The second-order valence-electron chi connectivity index (χ2n) is 12.2. The third-order valence-electron chi connectivity index (χ3n) is 9.14. The molecule has 2 heteroatoms. The zero-order chi connectivity index (χ0) is 30.4. The largest absolute Gasteiger partial charge is 0.228 e. The van der Waals surface area contributed by atoms with E-state index in [9.17, 15) is 0 Å². The summed E-state index contributed by atoms with van der Waals surface area (Å²) in [5, 5.41) is 0. The number of hydrogen-bond donors (Lipinski definition) is 0. The van der Waals surface area contributed by atoms with E-state index in [4.69, 9.17) is 9.97 Å². The second kappa shape index (κ2) is 10.8. The molecule has 0 saturated heterocycles. The molecule has 1 aliphatic rings. The lowest BCUT2D eigenvalue weighted by Gasteiger charge is -2.21. The summed E-state index contributed by atoms with van der Waals surface area (Å²) in [5.74, 6) is 0.713. The van der Waals surface area contributed by atoms with Crippen LogP contribution in [0.4, 0.5) is 0 Å². The van der Waals surface area contributed by atoms with Gasteiger partial charge in [-0.2, -0.15) is 0 Å². The van der Waals surface area contributed by atoms with Gasteiger partial charge in [0.05, 0.1) is 11.4 Å². The fourth-order valence-electron chi connectivity index (χ4n) is 6.76. The maximum absolute atomic E-state index is 5.21. The van der Waals surface area contributed by atoms with Crippen molar-refractivity contribution in [2.45, 2.75) is 19.3 Å².